The van der Waals surface area contributed by atoms with Crippen LogP contribution in [0.3, 0.4) is 0 Å². The minimum atomic E-state index is -0.0932. The van der Waals surface area contributed by atoms with E-state index in [1.807, 2.05) is 42.5 Å². The number of rotatable bonds is 4. The Kier molecular flexibility index (Phi) is 4.71. The van der Waals surface area contributed by atoms with E-state index >= 15 is 0 Å². The van der Waals surface area contributed by atoms with Crippen LogP contribution in [-0.4, -0.2) is 31.4 Å². The maximum absolute atomic E-state index is 12.7. The van der Waals surface area contributed by atoms with Gasteiger partial charge in [0.05, 0.1) is 17.9 Å². The van der Waals surface area contributed by atoms with Crippen molar-refractivity contribution in [2.75, 3.05) is 40.5 Å². The maximum atomic E-state index is 12.7. The summed E-state index contributed by atoms with van der Waals surface area (Å²) in [5.41, 5.74) is 10.5. The van der Waals surface area contributed by atoms with E-state index < -0.39 is 0 Å². The fourth-order valence-corrected chi connectivity index (χ4v) is 3.97. The van der Waals surface area contributed by atoms with Gasteiger partial charge in [0, 0.05) is 30.9 Å². The Morgan fingerprint density at radius 3 is 2.59 bits per heavy atom. The Balaban J connectivity index is 1.50. The van der Waals surface area contributed by atoms with Crippen LogP contribution < -0.4 is 20.9 Å². The number of hydrogen-bond donors (Lipinski definition) is 2. The number of amides is 2. The number of nitrogens with zero attached hydrogens (tertiary/aromatic N) is 2. The number of carbonyl (C=O) groups is 2. The Morgan fingerprint density at radius 1 is 1.00 bits per heavy atom. The van der Waals surface area contributed by atoms with Gasteiger partial charge in [0.1, 0.15) is 0 Å². The van der Waals surface area contributed by atoms with Gasteiger partial charge < -0.3 is 20.9 Å². The SMILES string of the molecule is Nc1cccc2c1CCCN2CC(=O)Nc1ccccc1N1CCCC1=O. The standard InChI is InChI=1S/C21H24N4O2/c22-16-7-3-10-18-15(16)6-4-12-24(18)14-20(26)23-17-8-1-2-9-19(17)25-13-5-11-21(25)27/h1-3,7-10H,4-6,11-14,22H2,(H,23,26). The lowest BCUT2D eigenvalue weighted by Gasteiger charge is -2.31. The molecule has 2 amide bonds. The van der Waals surface area contributed by atoms with E-state index in [4.69, 9.17) is 5.73 Å². The first-order chi connectivity index (χ1) is 13.1. The second-order valence-electron chi connectivity index (χ2n) is 7.08. The van der Waals surface area contributed by atoms with Gasteiger partial charge in [-0.15, -0.1) is 0 Å². The second-order valence-corrected chi connectivity index (χ2v) is 7.08. The molecule has 2 aromatic rings. The minimum Gasteiger partial charge on any atom is -0.398 e. The van der Waals surface area contributed by atoms with Crippen molar-refractivity contribution in [1.82, 2.24) is 0 Å². The van der Waals surface area contributed by atoms with Crippen LogP contribution in [0.4, 0.5) is 22.7 Å². The van der Waals surface area contributed by atoms with E-state index in [2.05, 4.69) is 10.2 Å². The lowest BCUT2D eigenvalue weighted by Crippen LogP contribution is -2.37. The zero-order chi connectivity index (χ0) is 18.8. The molecule has 6 heteroatoms. The van der Waals surface area contributed by atoms with Gasteiger partial charge in [-0.2, -0.15) is 0 Å². The molecule has 2 heterocycles. The van der Waals surface area contributed by atoms with E-state index in [9.17, 15) is 9.59 Å². The van der Waals surface area contributed by atoms with Crippen molar-refractivity contribution in [3.8, 4) is 0 Å². The summed E-state index contributed by atoms with van der Waals surface area (Å²) in [6.07, 6.45) is 3.34. The van der Waals surface area contributed by atoms with Crippen LogP contribution in [0.5, 0.6) is 0 Å². The molecule has 0 bridgehead atoms. The summed E-state index contributed by atoms with van der Waals surface area (Å²) in [5.74, 6) is 0.0153. The smallest absolute Gasteiger partial charge is 0.243 e. The van der Waals surface area contributed by atoms with Crippen LogP contribution in [0.25, 0.3) is 0 Å². The lowest BCUT2D eigenvalue weighted by molar-refractivity contribution is -0.117. The van der Waals surface area contributed by atoms with Crippen molar-refractivity contribution in [3.05, 3.63) is 48.0 Å². The lowest BCUT2D eigenvalue weighted by atomic mass is 10.00. The first kappa shape index (κ1) is 17.4. The van der Waals surface area contributed by atoms with Crippen LogP contribution in [0.15, 0.2) is 42.5 Å². The molecule has 0 saturated carbocycles. The largest absolute Gasteiger partial charge is 0.398 e. The van der Waals surface area contributed by atoms with Crippen molar-refractivity contribution in [2.45, 2.75) is 25.7 Å². The molecular formula is C21H24N4O2. The summed E-state index contributed by atoms with van der Waals surface area (Å²) in [6, 6.07) is 13.4. The first-order valence-corrected chi connectivity index (χ1v) is 9.45. The highest BCUT2D eigenvalue weighted by Crippen LogP contribution is 2.32. The number of nitrogen functional groups attached to an aromatic ring is 1. The molecule has 0 aliphatic carbocycles. The number of hydrogen-bond acceptors (Lipinski definition) is 4. The fraction of sp³-hybridized carbons (Fsp3) is 0.333. The molecule has 3 N–H and O–H groups in total. The van der Waals surface area contributed by atoms with Gasteiger partial charge in [-0.05, 0) is 49.1 Å². The molecule has 0 aromatic heterocycles. The Hall–Kier alpha value is -3.02. The topological polar surface area (TPSA) is 78.7 Å². The number of carbonyl (C=O) groups excluding carboxylic acids is 2. The molecule has 2 aromatic carbocycles. The van der Waals surface area contributed by atoms with Gasteiger partial charge in [-0.1, -0.05) is 18.2 Å². The first-order valence-electron chi connectivity index (χ1n) is 9.45. The molecule has 1 saturated heterocycles. The molecule has 2 aliphatic heterocycles. The zero-order valence-corrected chi connectivity index (χ0v) is 15.3. The third-order valence-electron chi connectivity index (χ3n) is 5.26. The van der Waals surface area contributed by atoms with Crippen LogP contribution in [0, 0.1) is 0 Å². The highest BCUT2D eigenvalue weighted by Gasteiger charge is 2.25. The van der Waals surface area contributed by atoms with E-state index in [1.54, 1.807) is 4.90 Å². The number of para-hydroxylation sites is 2. The van der Waals surface area contributed by atoms with Crippen LogP contribution in [0.2, 0.25) is 0 Å². The summed E-state index contributed by atoms with van der Waals surface area (Å²) < 4.78 is 0. The summed E-state index contributed by atoms with van der Waals surface area (Å²) in [6.45, 7) is 1.79. The van der Waals surface area contributed by atoms with Gasteiger partial charge in [0.15, 0.2) is 0 Å². The summed E-state index contributed by atoms with van der Waals surface area (Å²) >= 11 is 0. The van der Waals surface area contributed by atoms with Crippen LogP contribution in [0.1, 0.15) is 24.8 Å². The predicted molar refractivity (Wildman–Crippen MR) is 108 cm³/mol. The quantitative estimate of drug-likeness (QED) is 0.818. The molecule has 4 rings (SSSR count). The van der Waals surface area contributed by atoms with Crippen LogP contribution in [-0.2, 0) is 16.0 Å². The number of nitrogens with one attached hydrogen (secondary N) is 1. The van der Waals surface area contributed by atoms with E-state index in [0.29, 0.717) is 18.7 Å². The average molecular weight is 364 g/mol. The van der Waals surface area contributed by atoms with Crippen molar-refractivity contribution in [3.63, 3.8) is 0 Å². The van der Waals surface area contributed by atoms with Gasteiger partial charge in [-0.25, -0.2) is 0 Å². The number of fused-ring (bicyclic) bond motifs is 1. The average Bonchev–Trinajstić information content (AvgIpc) is 3.09. The summed E-state index contributed by atoms with van der Waals surface area (Å²) in [5, 5.41) is 2.99. The van der Waals surface area contributed by atoms with Gasteiger partial charge in [-0.3, -0.25) is 9.59 Å². The fourth-order valence-electron chi connectivity index (χ4n) is 3.97. The van der Waals surface area contributed by atoms with Crippen molar-refractivity contribution in [1.29, 1.82) is 0 Å². The Labute approximate surface area is 158 Å². The zero-order valence-electron chi connectivity index (χ0n) is 15.3. The maximum Gasteiger partial charge on any atom is 0.243 e. The predicted octanol–water partition coefficient (Wildman–Crippen LogP) is 2.79. The molecule has 27 heavy (non-hydrogen) atoms. The highest BCUT2D eigenvalue weighted by molar-refractivity contribution is 6.03. The highest BCUT2D eigenvalue weighted by atomic mass is 16.2. The minimum absolute atomic E-state index is 0.0932. The molecule has 1 fully saturated rings. The van der Waals surface area contributed by atoms with E-state index in [-0.39, 0.29) is 18.4 Å². The number of anilines is 4. The molecular weight excluding hydrogens is 340 g/mol. The molecule has 0 unspecified atom stereocenters. The van der Waals surface area contributed by atoms with Crippen molar-refractivity contribution in [2.24, 2.45) is 0 Å². The summed E-state index contributed by atoms with van der Waals surface area (Å²) in [7, 11) is 0. The number of nitrogens with two attached hydrogens (primary N) is 1. The monoisotopic (exact) mass is 364 g/mol. The summed E-state index contributed by atoms with van der Waals surface area (Å²) in [4.78, 5) is 28.7. The third kappa shape index (κ3) is 3.47. The molecule has 2 aliphatic rings. The third-order valence-corrected chi connectivity index (χ3v) is 5.26. The number of benzene rings is 2. The van der Waals surface area contributed by atoms with Crippen LogP contribution >= 0.6 is 0 Å². The second kappa shape index (κ2) is 7.31. The molecule has 0 atom stereocenters. The Morgan fingerprint density at radius 2 is 1.78 bits per heavy atom. The van der Waals surface area contributed by atoms with Crippen molar-refractivity contribution < 1.29 is 9.59 Å². The molecule has 140 valence electrons. The van der Waals surface area contributed by atoms with Gasteiger partial charge >= 0.3 is 0 Å². The van der Waals surface area contributed by atoms with Crippen molar-refractivity contribution >= 4 is 34.6 Å². The molecule has 0 spiro atoms. The normalized spacial score (nSPS) is 16.4. The van der Waals surface area contributed by atoms with Gasteiger partial charge in [0.25, 0.3) is 0 Å². The van der Waals surface area contributed by atoms with E-state index in [0.717, 1.165) is 48.4 Å². The van der Waals surface area contributed by atoms with Gasteiger partial charge in [0.2, 0.25) is 11.8 Å². The molecule has 0 radical (unpaired) electrons. The molecule has 6 nitrogen and oxygen atoms in total. The Bertz CT molecular complexity index is 880. The van der Waals surface area contributed by atoms with E-state index in [1.165, 1.54) is 0 Å².